The number of halogens is 1. The highest BCUT2D eigenvalue weighted by molar-refractivity contribution is 5.65. The molecule has 0 amide bonds. The monoisotopic (exact) mass is 348 g/mol. The minimum Gasteiger partial charge on any atom is -0.388 e. The topological polar surface area (TPSA) is 83.0 Å². The zero-order chi connectivity index (χ0) is 18.0. The van der Waals surface area contributed by atoms with Crippen LogP contribution in [0.1, 0.15) is 32.3 Å². The van der Waals surface area contributed by atoms with Crippen molar-refractivity contribution in [1.82, 2.24) is 15.5 Å². The number of anilines is 1. The minimum absolute atomic E-state index is 0.0907. The number of nitrogens with one attached hydrogen (secondary N) is 3. The summed E-state index contributed by atoms with van der Waals surface area (Å²) in [5.41, 5.74) is 1.70. The lowest BCUT2D eigenvalue weighted by molar-refractivity contribution is 0.226. The number of hydrogen-bond acceptors (Lipinski definition) is 5. The van der Waals surface area contributed by atoms with Gasteiger partial charge < -0.3 is 15.1 Å². The lowest BCUT2D eigenvalue weighted by Crippen LogP contribution is -2.43. The van der Waals surface area contributed by atoms with Gasteiger partial charge in [-0.1, -0.05) is 13.3 Å². The van der Waals surface area contributed by atoms with Crippen molar-refractivity contribution in [2.45, 2.75) is 39.7 Å². The van der Waals surface area contributed by atoms with Crippen LogP contribution in [0.2, 0.25) is 0 Å². The van der Waals surface area contributed by atoms with Crippen LogP contribution < -0.4 is 16.4 Å². The molecule has 0 saturated carbocycles. The van der Waals surface area contributed by atoms with E-state index in [-0.39, 0.29) is 17.7 Å². The van der Waals surface area contributed by atoms with Gasteiger partial charge in [0.25, 0.3) is 0 Å². The third-order valence-corrected chi connectivity index (χ3v) is 5.25. The first-order chi connectivity index (χ1) is 12.0. The Hall–Kier alpha value is -2.15. The van der Waals surface area contributed by atoms with E-state index in [0.717, 1.165) is 25.9 Å². The number of piperidine rings is 1. The second kappa shape index (κ2) is 7.39. The SMILES string of the molecule is CC[C@@H]1CNCC[C@@H]1[C@H](C)Nc1cc(-c2n[nH]c(=O)o2)cc(F)c1C. The number of hydrogen-bond donors (Lipinski definition) is 3. The molecule has 1 aliphatic heterocycles. The van der Waals surface area contributed by atoms with Gasteiger partial charge in [0.1, 0.15) is 5.82 Å². The van der Waals surface area contributed by atoms with E-state index in [0.29, 0.717) is 28.7 Å². The van der Waals surface area contributed by atoms with Crippen molar-refractivity contribution in [1.29, 1.82) is 0 Å². The molecule has 25 heavy (non-hydrogen) atoms. The van der Waals surface area contributed by atoms with Gasteiger partial charge in [0.2, 0.25) is 5.89 Å². The number of benzene rings is 1. The third kappa shape index (κ3) is 3.76. The molecule has 3 rings (SSSR count). The summed E-state index contributed by atoms with van der Waals surface area (Å²) < 4.78 is 19.3. The molecule has 0 aliphatic carbocycles. The fraction of sp³-hybridized carbons (Fsp3) is 0.556. The Morgan fingerprint density at radius 1 is 1.48 bits per heavy atom. The van der Waals surface area contributed by atoms with Gasteiger partial charge in [0, 0.05) is 22.9 Å². The molecular formula is C18H25FN4O2. The second-order valence-electron chi connectivity index (χ2n) is 6.81. The summed E-state index contributed by atoms with van der Waals surface area (Å²) in [7, 11) is 0. The lowest BCUT2D eigenvalue weighted by Gasteiger charge is -2.36. The molecule has 136 valence electrons. The van der Waals surface area contributed by atoms with Crippen molar-refractivity contribution in [3.05, 3.63) is 34.1 Å². The first kappa shape index (κ1) is 17.7. The molecule has 2 heterocycles. The van der Waals surface area contributed by atoms with Crippen molar-refractivity contribution in [2.24, 2.45) is 11.8 Å². The van der Waals surface area contributed by atoms with E-state index in [2.05, 4.69) is 34.7 Å². The van der Waals surface area contributed by atoms with E-state index in [1.165, 1.54) is 6.07 Å². The Morgan fingerprint density at radius 2 is 2.28 bits per heavy atom. The van der Waals surface area contributed by atoms with Gasteiger partial charge in [0.05, 0.1) is 0 Å². The van der Waals surface area contributed by atoms with E-state index in [4.69, 9.17) is 4.42 Å². The second-order valence-corrected chi connectivity index (χ2v) is 6.81. The van der Waals surface area contributed by atoms with Gasteiger partial charge in [-0.2, -0.15) is 0 Å². The minimum atomic E-state index is -0.653. The predicted molar refractivity (Wildman–Crippen MR) is 95.1 cm³/mol. The van der Waals surface area contributed by atoms with E-state index in [1.807, 2.05) is 0 Å². The molecule has 3 N–H and O–H groups in total. The van der Waals surface area contributed by atoms with Crippen LogP contribution in [0, 0.1) is 24.6 Å². The zero-order valence-electron chi connectivity index (χ0n) is 14.9. The average molecular weight is 348 g/mol. The summed E-state index contributed by atoms with van der Waals surface area (Å²) in [6.45, 7) is 8.15. The van der Waals surface area contributed by atoms with Crippen LogP contribution in [-0.4, -0.2) is 29.3 Å². The largest absolute Gasteiger partial charge is 0.434 e. The van der Waals surface area contributed by atoms with E-state index in [9.17, 15) is 9.18 Å². The molecule has 2 aromatic rings. The molecule has 0 radical (unpaired) electrons. The molecule has 1 saturated heterocycles. The molecule has 0 bridgehead atoms. The Balaban J connectivity index is 1.86. The van der Waals surface area contributed by atoms with E-state index >= 15 is 0 Å². The molecule has 3 atom stereocenters. The zero-order valence-corrected chi connectivity index (χ0v) is 14.9. The molecule has 1 aliphatic rings. The van der Waals surface area contributed by atoms with Crippen LogP contribution in [-0.2, 0) is 0 Å². The van der Waals surface area contributed by atoms with Gasteiger partial charge in [0.15, 0.2) is 0 Å². The smallest absolute Gasteiger partial charge is 0.388 e. The number of aromatic nitrogens is 2. The lowest BCUT2D eigenvalue weighted by atomic mass is 9.80. The highest BCUT2D eigenvalue weighted by atomic mass is 19.1. The Bertz CT molecular complexity index is 786. The van der Waals surface area contributed by atoms with Gasteiger partial charge in [-0.15, -0.1) is 5.10 Å². The summed E-state index contributed by atoms with van der Waals surface area (Å²) in [4.78, 5) is 11.2. The number of aromatic amines is 1. The van der Waals surface area contributed by atoms with Gasteiger partial charge >= 0.3 is 5.76 Å². The maximum atomic E-state index is 14.4. The normalized spacial score (nSPS) is 21.9. The highest BCUT2D eigenvalue weighted by Gasteiger charge is 2.28. The fourth-order valence-electron chi connectivity index (χ4n) is 3.71. The van der Waals surface area contributed by atoms with Crippen LogP contribution in [0.3, 0.4) is 0 Å². The predicted octanol–water partition coefficient (Wildman–Crippen LogP) is 2.91. The van der Waals surface area contributed by atoms with Crippen molar-refractivity contribution in [3.63, 3.8) is 0 Å². The van der Waals surface area contributed by atoms with Crippen molar-refractivity contribution < 1.29 is 8.81 Å². The maximum absolute atomic E-state index is 14.4. The Labute approximate surface area is 146 Å². The summed E-state index contributed by atoms with van der Waals surface area (Å²) in [5, 5.41) is 12.9. The first-order valence-electron chi connectivity index (χ1n) is 8.82. The highest BCUT2D eigenvalue weighted by Crippen LogP contribution is 2.31. The van der Waals surface area contributed by atoms with Crippen LogP contribution in [0.4, 0.5) is 10.1 Å². The van der Waals surface area contributed by atoms with Gasteiger partial charge in [-0.25, -0.2) is 14.3 Å². The van der Waals surface area contributed by atoms with Gasteiger partial charge in [-0.05, 0) is 57.3 Å². The molecular weight excluding hydrogens is 323 g/mol. The van der Waals surface area contributed by atoms with Crippen LogP contribution in [0.15, 0.2) is 21.3 Å². The molecule has 1 fully saturated rings. The van der Waals surface area contributed by atoms with Crippen molar-refractivity contribution >= 4 is 5.69 Å². The van der Waals surface area contributed by atoms with E-state index < -0.39 is 5.76 Å². The average Bonchev–Trinajstić information content (AvgIpc) is 3.05. The quantitative estimate of drug-likeness (QED) is 0.774. The summed E-state index contributed by atoms with van der Waals surface area (Å²) in [6, 6.07) is 3.34. The summed E-state index contributed by atoms with van der Waals surface area (Å²) in [5.74, 6) is 0.220. The number of H-pyrrole nitrogens is 1. The van der Waals surface area contributed by atoms with E-state index in [1.54, 1.807) is 13.0 Å². The Kier molecular flexibility index (Phi) is 5.22. The molecule has 7 heteroatoms. The number of rotatable bonds is 5. The van der Waals surface area contributed by atoms with Crippen molar-refractivity contribution in [3.8, 4) is 11.5 Å². The van der Waals surface area contributed by atoms with Crippen LogP contribution in [0.25, 0.3) is 11.5 Å². The summed E-state index contributed by atoms with van der Waals surface area (Å²) in [6.07, 6.45) is 2.22. The molecule has 1 aromatic carbocycles. The first-order valence-corrected chi connectivity index (χ1v) is 8.82. The van der Waals surface area contributed by atoms with Crippen molar-refractivity contribution in [2.75, 3.05) is 18.4 Å². The molecule has 0 spiro atoms. The molecule has 1 aromatic heterocycles. The molecule has 6 nitrogen and oxygen atoms in total. The standard InChI is InChI=1S/C18H25FN4O2/c1-4-12-9-20-6-5-14(12)11(3)21-16-8-13(7-15(19)10(16)2)17-22-23-18(24)25-17/h7-8,11-12,14,20-21H,4-6,9H2,1-3H3,(H,23,24)/t11-,12+,14+/m0/s1. The third-order valence-electron chi connectivity index (χ3n) is 5.25. The molecule has 0 unspecified atom stereocenters. The Morgan fingerprint density at radius 3 is 2.96 bits per heavy atom. The maximum Gasteiger partial charge on any atom is 0.434 e. The summed E-state index contributed by atoms with van der Waals surface area (Å²) >= 11 is 0. The number of nitrogens with zero attached hydrogens (tertiary/aromatic N) is 1. The van der Waals surface area contributed by atoms with Gasteiger partial charge in [-0.3, -0.25) is 0 Å². The van der Waals surface area contributed by atoms with Crippen LogP contribution in [0.5, 0.6) is 0 Å². The fourth-order valence-corrected chi connectivity index (χ4v) is 3.71. The van der Waals surface area contributed by atoms with Crippen LogP contribution >= 0.6 is 0 Å².